The van der Waals surface area contributed by atoms with Gasteiger partial charge in [-0.1, -0.05) is 84.7 Å². The van der Waals surface area contributed by atoms with Crippen molar-refractivity contribution in [1.29, 1.82) is 0 Å². The average molecular weight is 278 g/mol. The fourth-order valence-corrected chi connectivity index (χ4v) is 1.58. The highest BCUT2D eigenvalue weighted by molar-refractivity contribution is 5.83. The standard InChI is InChI=1S/C12H16O.C5H12.C2H6/c1-3-7-12(10(2)13)11-8-5-4-6-9-11;1-4-5(2)3;1-2/h4-6,8-9,12H,3,7H2,1-2H3;5H,4H2,1-3H3;1-2H3/t12-;;/m1../s1. The summed E-state index contributed by atoms with van der Waals surface area (Å²) >= 11 is 0. The molecule has 0 bridgehead atoms. The Labute approximate surface area is 126 Å². The molecule has 20 heavy (non-hydrogen) atoms. The highest BCUT2D eigenvalue weighted by Crippen LogP contribution is 2.21. The van der Waals surface area contributed by atoms with E-state index in [0.717, 1.165) is 24.3 Å². The molecule has 1 atom stereocenters. The van der Waals surface area contributed by atoms with Gasteiger partial charge in [0.1, 0.15) is 5.78 Å². The molecule has 1 aromatic carbocycles. The summed E-state index contributed by atoms with van der Waals surface area (Å²) in [4.78, 5) is 11.3. The van der Waals surface area contributed by atoms with E-state index in [2.05, 4.69) is 27.7 Å². The molecule has 0 aliphatic rings. The van der Waals surface area contributed by atoms with E-state index >= 15 is 0 Å². The summed E-state index contributed by atoms with van der Waals surface area (Å²) in [5.41, 5.74) is 1.15. The van der Waals surface area contributed by atoms with Crippen LogP contribution in [0.5, 0.6) is 0 Å². The first-order chi connectivity index (χ1) is 9.52. The van der Waals surface area contributed by atoms with E-state index in [9.17, 15) is 4.79 Å². The van der Waals surface area contributed by atoms with Gasteiger partial charge < -0.3 is 0 Å². The molecule has 1 nitrogen and oxygen atoms in total. The molecule has 0 N–H and O–H groups in total. The Morgan fingerprint density at radius 2 is 1.50 bits per heavy atom. The van der Waals surface area contributed by atoms with Crippen molar-refractivity contribution in [3.8, 4) is 0 Å². The molecule has 0 heterocycles. The lowest BCUT2D eigenvalue weighted by Gasteiger charge is -2.12. The fraction of sp³-hybridized carbons (Fsp3) is 0.632. The largest absolute Gasteiger partial charge is 0.299 e. The lowest BCUT2D eigenvalue weighted by atomic mass is 9.91. The van der Waals surface area contributed by atoms with Crippen molar-refractivity contribution in [1.82, 2.24) is 0 Å². The summed E-state index contributed by atoms with van der Waals surface area (Å²) in [5, 5.41) is 0. The summed E-state index contributed by atoms with van der Waals surface area (Å²) in [5.74, 6) is 1.26. The van der Waals surface area contributed by atoms with Crippen LogP contribution in [0.25, 0.3) is 0 Å². The molecule has 0 aliphatic carbocycles. The molecule has 0 saturated carbocycles. The lowest BCUT2D eigenvalue weighted by Crippen LogP contribution is -2.08. The first-order valence-electron chi connectivity index (χ1n) is 8.08. The van der Waals surface area contributed by atoms with Gasteiger partial charge in [0.05, 0.1) is 0 Å². The van der Waals surface area contributed by atoms with Crippen molar-refractivity contribution >= 4 is 5.78 Å². The summed E-state index contributed by atoms with van der Waals surface area (Å²) in [6.07, 6.45) is 3.32. The van der Waals surface area contributed by atoms with Crippen molar-refractivity contribution in [3.05, 3.63) is 35.9 Å². The molecule has 0 fully saturated rings. The minimum absolute atomic E-state index is 0.103. The minimum Gasteiger partial charge on any atom is -0.299 e. The number of carbonyl (C=O) groups excluding carboxylic acids is 1. The molecule has 0 saturated heterocycles. The van der Waals surface area contributed by atoms with E-state index in [0.29, 0.717) is 0 Å². The second kappa shape index (κ2) is 14.3. The Morgan fingerprint density at radius 1 is 1.05 bits per heavy atom. The van der Waals surface area contributed by atoms with E-state index < -0.39 is 0 Å². The van der Waals surface area contributed by atoms with Gasteiger partial charge in [-0.2, -0.15) is 0 Å². The molecular weight excluding hydrogens is 244 g/mol. The van der Waals surface area contributed by atoms with Gasteiger partial charge in [0.25, 0.3) is 0 Å². The molecule has 1 aromatic rings. The molecule has 0 spiro atoms. The Balaban J connectivity index is 0. The zero-order valence-electron chi connectivity index (χ0n) is 14.6. The highest BCUT2D eigenvalue weighted by atomic mass is 16.1. The van der Waals surface area contributed by atoms with Crippen LogP contribution < -0.4 is 0 Å². The molecular formula is C19H34O. The van der Waals surface area contributed by atoms with E-state index in [4.69, 9.17) is 0 Å². The molecule has 116 valence electrons. The Bertz CT molecular complexity index is 314. The SMILES string of the molecule is CC.CCC(C)C.CCC[C@H](C(C)=O)c1ccccc1. The summed E-state index contributed by atoms with van der Waals surface area (Å²) < 4.78 is 0. The smallest absolute Gasteiger partial charge is 0.137 e. The van der Waals surface area contributed by atoms with Gasteiger partial charge in [0.2, 0.25) is 0 Å². The van der Waals surface area contributed by atoms with Gasteiger partial charge in [-0.05, 0) is 24.8 Å². The fourth-order valence-electron chi connectivity index (χ4n) is 1.58. The van der Waals surface area contributed by atoms with Gasteiger partial charge in [-0.3, -0.25) is 4.79 Å². The molecule has 0 aromatic heterocycles. The maximum atomic E-state index is 11.3. The second-order valence-corrected chi connectivity index (χ2v) is 5.16. The van der Waals surface area contributed by atoms with E-state index in [1.165, 1.54) is 6.42 Å². The van der Waals surface area contributed by atoms with Crippen molar-refractivity contribution in [2.45, 2.75) is 73.6 Å². The van der Waals surface area contributed by atoms with Crippen LogP contribution in [0.1, 0.15) is 79.2 Å². The molecule has 0 aliphatic heterocycles. The summed E-state index contributed by atoms with van der Waals surface area (Å²) in [7, 11) is 0. The molecule has 1 rings (SSSR count). The zero-order valence-corrected chi connectivity index (χ0v) is 14.6. The van der Waals surface area contributed by atoms with Crippen LogP contribution in [-0.2, 0) is 4.79 Å². The molecule has 0 unspecified atom stereocenters. The topological polar surface area (TPSA) is 17.1 Å². The molecule has 0 radical (unpaired) electrons. The van der Waals surface area contributed by atoms with Crippen LogP contribution in [0.3, 0.4) is 0 Å². The van der Waals surface area contributed by atoms with E-state index in [1.54, 1.807) is 6.92 Å². The van der Waals surface area contributed by atoms with Crippen LogP contribution in [0.4, 0.5) is 0 Å². The average Bonchev–Trinajstić information content (AvgIpc) is 2.48. The van der Waals surface area contributed by atoms with Crippen molar-refractivity contribution < 1.29 is 4.79 Å². The van der Waals surface area contributed by atoms with Gasteiger partial charge >= 0.3 is 0 Å². The molecule has 0 amide bonds. The van der Waals surface area contributed by atoms with Crippen LogP contribution in [0.2, 0.25) is 0 Å². The minimum atomic E-state index is 0.103. The summed E-state index contributed by atoms with van der Waals surface area (Å²) in [6, 6.07) is 10.0. The van der Waals surface area contributed by atoms with E-state index in [-0.39, 0.29) is 11.7 Å². The quantitative estimate of drug-likeness (QED) is 0.623. The number of Topliss-reactive ketones (excluding diaryl/α,β-unsaturated/α-hetero) is 1. The third kappa shape index (κ3) is 10.8. The van der Waals surface area contributed by atoms with Gasteiger partial charge in [-0.15, -0.1) is 0 Å². The van der Waals surface area contributed by atoms with Crippen LogP contribution in [0.15, 0.2) is 30.3 Å². The highest BCUT2D eigenvalue weighted by Gasteiger charge is 2.14. The van der Waals surface area contributed by atoms with Crippen molar-refractivity contribution in [3.63, 3.8) is 0 Å². The predicted molar refractivity (Wildman–Crippen MR) is 91.2 cm³/mol. The lowest BCUT2D eigenvalue weighted by molar-refractivity contribution is -0.118. The number of rotatable bonds is 5. The number of carbonyl (C=O) groups is 1. The molecule has 1 heteroatoms. The Kier molecular flexibility index (Phi) is 15.2. The number of benzene rings is 1. The van der Waals surface area contributed by atoms with E-state index in [1.807, 2.05) is 44.2 Å². The Hall–Kier alpha value is -1.11. The van der Waals surface area contributed by atoms with Gasteiger partial charge in [0, 0.05) is 5.92 Å². The maximum Gasteiger partial charge on any atom is 0.137 e. The monoisotopic (exact) mass is 278 g/mol. The predicted octanol–water partition coefficient (Wildman–Crippen LogP) is 6.24. The van der Waals surface area contributed by atoms with Crippen LogP contribution in [0, 0.1) is 5.92 Å². The normalized spacial score (nSPS) is 10.8. The number of ketones is 1. The maximum absolute atomic E-state index is 11.3. The third-order valence-corrected chi connectivity index (χ3v) is 3.09. The third-order valence-electron chi connectivity index (χ3n) is 3.09. The second-order valence-electron chi connectivity index (χ2n) is 5.16. The van der Waals surface area contributed by atoms with Crippen LogP contribution >= 0.6 is 0 Å². The van der Waals surface area contributed by atoms with Gasteiger partial charge in [-0.25, -0.2) is 0 Å². The summed E-state index contributed by atoms with van der Waals surface area (Å²) in [6.45, 7) is 14.4. The number of hydrogen-bond donors (Lipinski definition) is 0. The first kappa shape index (κ1) is 21.2. The van der Waals surface area contributed by atoms with Crippen molar-refractivity contribution in [2.75, 3.05) is 0 Å². The first-order valence-corrected chi connectivity index (χ1v) is 8.08. The van der Waals surface area contributed by atoms with Crippen LogP contribution in [-0.4, -0.2) is 5.78 Å². The zero-order chi connectivity index (χ0) is 16.0. The van der Waals surface area contributed by atoms with Gasteiger partial charge in [0.15, 0.2) is 0 Å². The number of hydrogen-bond acceptors (Lipinski definition) is 1. The van der Waals surface area contributed by atoms with Crippen molar-refractivity contribution in [2.24, 2.45) is 5.92 Å². The Morgan fingerprint density at radius 3 is 1.80 bits per heavy atom.